The second-order valence-corrected chi connectivity index (χ2v) is 7.60. The van der Waals surface area contributed by atoms with E-state index in [2.05, 4.69) is 25.4 Å². The maximum absolute atomic E-state index is 12.9. The van der Waals surface area contributed by atoms with Crippen molar-refractivity contribution in [2.24, 2.45) is 4.99 Å². The Kier molecular flexibility index (Phi) is 12.7. The Labute approximate surface area is 201 Å². The lowest BCUT2D eigenvalue weighted by atomic mass is 10.3. The molecular weight excluding hydrogens is 516 g/mol. The molecule has 1 aliphatic rings. The molecule has 10 heteroatoms. The van der Waals surface area contributed by atoms with E-state index in [1.807, 2.05) is 20.8 Å². The summed E-state index contributed by atoms with van der Waals surface area (Å²) >= 11 is 0. The van der Waals surface area contributed by atoms with Gasteiger partial charge in [0, 0.05) is 38.8 Å². The molecule has 0 aliphatic carbocycles. The van der Waals surface area contributed by atoms with Crippen LogP contribution in [0.3, 0.4) is 0 Å². The number of rotatable bonds is 9. The first-order valence-corrected chi connectivity index (χ1v) is 10.5. The van der Waals surface area contributed by atoms with Crippen LogP contribution in [-0.2, 0) is 4.79 Å². The summed E-state index contributed by atoms with van der Waals surface area (Å²) in [5, 5.41) is 16.4. The Morgan fingerprint density at radius 1 is 1.23 bits per heavy atom. The molecule has 1 amide bonds. The summed E-state index contributed by atoms with van der Waals surface area (Å²) in [6.45, 7) is 10.3. The van der Waals surface area contributed by atoms with Crippen LogP contribution in [0.25, 0.3) is 0 Å². The number of carbonyl (C=O) groups excluding carboxylic acids is 1. The Balaban J connectivity index is 0.00000480. The smallest absolute Gasteiger partial charge is 0.234 e. The Morgan fingerprint density at radius 3 is 2.45 bits per heavy atom. The summed E-state index contributed by atoms with van der Waals surface area (Å²) in [5.41, 5.74) is 0. The Hall–Kier alpha value is -1.66. The van der Waals surface area contributed by atoms with Crippen LogP contribution in [0.1, 0.15) is 20.8 Å². The largest absolute Gasteiger partial charge is 0.491 e. The molecule has 176 valence electrons. The number of hydrogen-bond donors (Lipinski definition) is 3. The highest BCUT2D eigenvalue weighted by Crippen LogP contribution is 2.11. The van der Waals surface area contributed by atoms with Gasteiger partial charge >= 0.3 is 0 Å². The summed E-state index contributed by atoms with van der Waals surface area (Å²) in [7, 11) is 0. The van der Waals surface area contributed by atoms with Gasteiger partial charge in [-0.25, -0.2) is 4.39 Å². The summed E-state index contributed by atoms with van der Waals surface area (Å²) in [4.78, 5) is 20.7. The van der Waals surface area contributed by atoms with Gasteiger partial charge in [0.1, 0.15) is 24.3 Å². The predicted octanol–water partition coefficient (Wildman–Crippen LogP) is 1.29. The van der Waals surface area contributed by atoms with E-state index in [0.29, 0.717) is 12.3 Å². The summed E-state index contributed by atoms with van der Waals surface area (Å²) in [6, 6.07) is 5.82. The number of aliphatic hydroxyl groups excluding tert-OH is 1. The normalized spacial score (nSPS) is 15.9. The molecule has 1 fully saturated rings. The molecule has 0 saturated carbocycles. The van der Waals surface area contributed by atoms with E-state index in [1.54, 1.807) is 0 Å². The zero-order valence-corrected chi connectivity index (χ0v) is 20.8. The van der Waals surface area contributed by atoms with E-state index in [0.717, 1.165) is 38.7 Å². The first-order chi connectivity index (χ1) is 14.4. The van der Waals surface area contributed by atoms with Crippen molar-refractivity contribution < 1.29 is 19.0 Å². The molecule has 3 N–H and O–H groups in total. The van der Waals surface area contributed by atoms with E-state index in [4.69, 9.17) is 4.74 Å². The van der Waals surface area contributed by atoms with Gasteiger partial charge in [0.2, 0.25) is 5.91 Å². The highest BCUT2D eigenvalue weighted by molar-refractivity contribution is 14.0. The lowest BCUT2D eigenvalue weighted by molar-refractivity contribution is -0.123. The van der Waals surface area contributed by atoms with Gasteiger partial charge in [-0.3, -0.25) is 14.7 Å². The first-order valence-electron chi connectivity index (χ1n) is 10.5. The number of aliphatic imine (C=N–C) groups is 1. The highest BCUT2D eigenvalue weighted by atomic mass is 127. The fourth-order valence-corrected chi connectivity index (χ4v) is 3.08. The molecule has 1 atom stereocenters. The fraction of sp³-hybridized carbons (Fsp3) is 0.619. The van der Waals surface area contributed by atoms with Crippen molar-refractivity contribution in [3.05, 3.63) is 30.1 Å². The zero-order valence-electron chi connectivity index (χ0n) is 18.5. The topological polar surface area (TPSA) is 89.4 Å². The maximum atomic E-state index is 12.9. The van der Waals surface area contributed by atoms with Crippen molar-refractivity contribution in [2.75, 3.05) is 52.4 Å². The van der Waals surface area contributed by atoms with Crippen molar-refractivity contribution >= 4 is 35.8 Å². The van der Waals surface area contributed by atoms with Gasteiger partial charge in [-0.1, -0.05) is 0 Å². The quantitative estimate of drug-likeness (QED) is 0.244. The lowest BCUT2D eigenvalue weighted by Crippen LogP contribution is -2.54. The predicted molar refractivity (Wildman–Crippen MR) is 131 cm³/mol. The number of ether oxygens (including phenoxy) is 1. The summed E-state index contributed by atoms with van der Waals surface area (Å²) in [6.07, 6.45) is -0.773. The van der Waals surface area contributed by atoms with Gasteiger partial charge in [-0.15, -0.1) is 24.0 Å². The van der Waals surface area contributed by atoms with Crippen LogP contribution in [0, 0.1) is 5.82 Å². The van der Waals surface area contributed by atoms with Crippen LogP contribution in [0.4, 0.5) is 4.39 Å². The molecule has 0 aromatic heterocycles. The van der Waals surface area contributed by atoms with Crippen LogP contribution >= 0.6 is 24.0 Å². The van der Waals surface area contributed by atoms with Crippen molar-refractivity contribution in [2.45, 2.75) is 32.9 Å². The molecule has 1 aromatic rings. The Morgan fingerprint density at radius 2 is 1.87 bits per heavy atom. The number of piperazine rings is 1. The number of amides is 1. The van der Waals surface area contributed by atoms with Gasteiger partial charge in [-0.2, -0.15) is 0 Å². The van der Waals surface area contributed by atoms with Crippen LogP contribution in [0.15, 0.2) is 29.3 Å². The highest BCUT2D eigenvalue weighted by Gasteiger charge is 2.21. The third-order valence-electron chi connectivity index (χ3n) is 4.53. The van der Waals surface area contributed by atoms with E-state index in [1.165, 1.54) is 24.3 Å². The molecule has 1 unspecified atom stereocenters. The van der Waals surface area contributed by atoms with E-state index < -0.39 is 6.10 Å². The second-order valence-electron chi connectivity index (χ2n) is 7.60. The molecule has 1 aromatic carbocycles. The van der Waals surface area contributed by atoms with Gasteiger partial charge in [0.15, 0.2) is 5.96 Å². The molecule has 31 heavy (non-hydrogen) atoms. The molecule has 0 bridgehead atoms. The molecule has 8 nitrogen and oxygen atoms in total. The number of aliphatic hydroxyl groups is 1. The Bertz CT molecular complexity index is 682. The number of hydrogen-bond acceptors (Lipinski definition) is 5. The molecule has 0 radical (unpaired) electrons. The number of benzene rings is 1. The lowest BCUT2D eigenvalue weighted by Gasteiger charge is -2.36. The number of halogens is 2. The third-order valence-corrected chi connectivity index (χ3v) is 4.53. The van der Waals surface area contributed by atoms with Crippen LogP contribution in [-0.4, -0.2) is 91.3 Å². The number of nitrogens with zero attached hydrogens (tertiary/aromatic N) is 3. The van der Waals surface area contributed by atoms with Crippen molar-refractivity contribution in [1.29, 1.82) is 0 Å². The molecule has 1 heterocycles. The zero-order chi connectivity index (χ0) is 21.9. The van der Waals surface area contributed by atoms with Crippen LogP contribution < -0.4 is 15.4 Å². The molecule has 2 rings (SSSR count). The van der Waals surface area contributed by atoms with Gasteiger partial charge in [0.25, 0.3) is 0 Å². The SMILES string of the molecule is CCNC(=NCC(O)COc1ccc(F)cc1)N1CCN(CC(=O)NC(C)C)CC1.I. The minimum atomic E-state index is -0.773. The minimum Gasteiger partial charge on any atom is -0.491 e. The standard InChI is InChI=1S/C21H34FN5O3.HI/c1-4-23-21(24-13-18(28)15-30-19-7-5-17(22)6-8-19)27-11-9-26(10-12-27)14-20(29)25-16(2)3;/h5-8,16,18,28H,4,9-15H2,1-3H3,(H,23,24)(H,25,29);1H. The van der Waals surface area contributed by atoms with E-state index in [-0.39, 0.29) is 54.9 Å². The molecule has 1 saturated heterocycles. The average molecular weight is 551 g/mol. The third kappa shape index (κ3) is 10.5. The van der Waals surface area contributed by atoms with Crippen molar-refractivity contribution in [3.63, 3.8) is 0 Å². The second kappa shape index (κ2) is 14.4. The molecular formula is C21H35FIN5O3. The summed E-state index contributed by atoms with van der Waals surface area (Å²) < 4.78 is 18.4. The van der Waals surface area contributed by atoms with Crippen LogP contribution in [0.2, 0.25) is 0 Å². The van der Waals surface area contributed by atoms with E-state index >= 15 is 0 Å². The van der Waals surface area contributed by atoms with Crippen LogP contribution in [0.5, 0.6) is 5.75 Å². The number of nitrogens with one attached hydrogen (secondary N) is 2. The monoisotopic (exact) mass is 551 g/mol. The molecule has 1 aliphatic heterocycles. The first kappa shape index (κ1) is 27.4. The number of guanidine groups is 1. The van der Waals surface area contributed by atoms with Gasteiger partial charge in [0.05, 0.1) is 13.1 Å². The maximum Gasteiger partial charge on any atom is 0.234 e. The van der Waals surface area contributed by atoms with E-state index in [9.17, 15) is 14.3 Å². The summed E-state index contributed by atoms with van der Waals surface area (Å²) in [5.74, 6) is 0.959. The average Bonchev–Trinajstić information content (AvgIpc) is 2.70. The van der Waals surface area contributed by atoms with Gasteiger partial charge < -0.3 is 25.4 Å². The minimum absolute atomic E-state index is 0. The number of carbonyl (C=O) groups is 1. The fourth-order valence-electron chi connectivity index (χ4n) is 3.08. The van der Waals surface area contributed by atoms with Crippen molar-refractivity contribution in [3.8, 4) is 5.75 Å². The van der Waals surface area contributed by atoms with Crippen molar-refractivity contribution in [1.82, 2.24) is 20.4 Å². The van der Waals surface area contributed by atoms with Gasteiger partial charge in [-0.05, 0) is 45.0 Å². The molecule has 0 spiro atoms.